The molecule has 1 atom stereocenters. The molecule has 144 valence electrons. The molecule has 0 saturated carbocycles. The quantitative estimate of drug-likeness (QED) is 0.845. The van der Waals surface area contributed by atoms with Crippen LogP contribution in [0.1, 0.15) is 34.8 Å². The zero-order chi connectivity index (χ0) is 19.6. The molecule has 0 unspecified atom stereocenters. The van der Waals surface area contributed by atoms with Crippen LogP contribution < -0.4 is 5.73 Å². The van der Waals surface area contributed by atoms with Crippen molar-refractivity contribution in [1.29, 1.82) is 0 Å². The third kappa shape index (κ3) is 4.18. The van der Waals surface area contributed by atoms with Crippen LogP contribution in [0.4, 0.5) is 0 Å². The summed E-state index contributed by atoms with van der Waals surface area (Å²) in [6.45, 7) is 0.940. The van der Waals surface area contributed by atoms with Crippen molar-refractivity contribution in [2.75, 3.05) is 27.2 Å². The summed E-state index contributed by atoms with van der Waals surface area (Å²) in [5.74, 6) is -0.447. The van der Waals surface area contributed by atoms with Crippen molar-refractivity contribution in [3.05, 3.63) is 53.7 Å². The molecule has 2 aromatic rings. The van der Waals surface area contributed by atoms with Gasteiger partial charge in [0, 0.05) is 49.9 Å². The summed E-state index contributed by atoms with van der Waals surface area (Å²) in [5.41, 5.74) is 8.20. The molecule has 0 bridgehead atoms. The Balaban J connectivity index is 1.87. The molecule has 7 nitrogen and oxygen atoms in total. The molecule has 8 heteroatoms. The summed E-state index contributed by atoms with van der Waals surface area (Å²) >= 11 is 0. The maximum Gasteiger partial charge on any atom is 0.281 e. The predicted molar refractivity (Wildman–Crippen MR) is 104 cm³/mol. The van der Waals surface area contributed by atoms with Crippen molar-refractivity contribution in [2.24, 2.45) is 5.73 Å². The van der Waals surface area contributed by atoms with Crippen LogP contribution >= 0.6 is 0 Å². The van der Waals surface area contributed by atoms with E-state index in [-0.39, 0.29) is 5.92 Å². The first-order valence-corrected chi connectivity index (χ1v) is 10.2. The van der Waals surface area contributed by atoms with Crippen LogP contribution in [0.15, 0.2) is 42.5 Å². The topological polar surface area (TPSA) is 96.6 Å². The molecular formula is C19H24N4O3S. The number of rotatable bonds is 5. The average Bonchev–Trinajstić information content (AvgIpc) is 2.68. The lowest BCUT2D eigenvalue weighted by Gasteiger charge is -2.33. The second-order valence-corrected chi connectivity index (χ2v) is 9.02. The lowest BCUT2D eigenvalue weighted by atomic mass is 9.95. The number of pyridine rings is 1. The fraction of sp³-hybridized carbons (Fsp3) is 0.368. The summed E-state index contributed by atoms with van der Waals surface area (Å²) in [5, 5.41) is 0. The van der Waals surface area contributed by atoms with Gasteiger partial charge in [0.05, 0.1) is 5.69 Å². The van der Waals surface area contributed by atoms with Gasteiger partial charge < -0.3 is 5.73 Å². The molecule has 1 aliphatic rings. The largest absolute Gasteiger partial charge is 0.366 e. The Morgan fingerprint density at radius 1 is 1.22 bits per heavy atom. The van der Waals surface area contributed by atoms with E-state index in [1.807, 2.05) is 24.3 Å². The predicted octanol–water partition coefficient (Wildman–Crippen LogP) is 1.83. The second-order valence-electron chi connectivity index (χ2n) is 6.88. The molecule has 2 N–H and O–H groups in total. The Labute approximate surface area is 160 Å². The van der Waals surface area contributed by atoms with Crippen LogP contribution in [0.3, 0.4) is 0 Å². The molecule has 0 spiro atoms. The van der Waals surface area contributed by atoms with Crippen LogP contribution in [0.2, 0.25) is 0 Å². The van der Waals surface area contributed by atoms with Gasteiger partial charge in [-0.25, -0.2) is 0 Å². The lowest BCUT2D eigenvalue weighted by molar-refractivity contribution is 0.100. The van der Waals surface area contributed by atoms with Crippen LogP contribution in [-0.2, 0) is 10.2 Å². The van der Waals surface area contributed by atoms with E-state index in [1.54, 1.807) is 32.3 Å². The smallest absolute Gasteiger partial charge is 0.281 e. The van der Waals surface area contributed by atoms with Gasteiger partial charge in [0.25, 0.3) is 10.2 Å². The third-order valence-corrected chi connectivity index (χ3v) is 6.71. The number of nitrogens with two attached hydrogens (primary N) is 1. The van der Waals surface area contributed by atoms with Crippen LogP contribution in [-0.4, -0.2) is 55.1 Å². The van der Waals surface area contributed by atoms with E-state index in [0.717, 1.165) is 29.8 Å². The molecule has 1 aliphatic heterocycles. The number of piperidine rings is 1. The van der Waals surface area contributed by atoms with Crippen molar-refractivity contribution < 1.29 is 13.2 Å². The number of benzene rings is 1. The molecule has 1 amide bonds. The molecular weight excluding hydrogens is 364 g/mol. The van der Waals surface area contributed by atoms with E-state index in [0.29, 0.717) is 18.7 Å². The molecule has 0 radical (unpaired) electrons. The highest BCUT2D eigenvalue weighted by Crippen LogP contribution is 2.29. The molecule has 1 saturated heterocycles. The number of carbonyl (C=O) groups excluding carboxylic acids is 1. The molecule has 1 aromatic carbocycles. The van der Waals surface area contributed by atoms with Gasteiger partial charge in [-0.15, -0.1) is 0 Å². The van der Waals surface area contributed by atoms with Crippen LogP contribution in [0, 0.1) is 0 Å². The SMILES string of the molecule is CN(C)S(=O)(=O)N1CCC[C@H](c2cccc(-c3cccc(C(N)=O)c3)n2)C1. The molecule has 2 heterocycles. The van der Waals surface area contributed by atoms with Crippen molar-refractivity contribution in [3.8, 4) is 11.3 Å². The molecule has 1 fully saturated rings. The van der Waals surface area contributed by atoms with Crippen molar-refractivity contribution in [2.45, 2.75) is 18.8 Å². The van der Waals surface area contributed by atoms with Crippen LogP contribution in [0.25, 0.3) is 11.3 Å². The number of amides is 1. The van der Waals surface area contributed by atoms with Gasteiger partial charge in [-0.2, -0.15) is 17.0 Å². The van der Waals surface area contributed by atoms with Gasteiger partial charge >= 0.3 is 0 Å². The number of aromatic nitrogens is 1. The fourth-order valence-electron chi connectivity index (χ4n) is 3.30. The van der Waals surface area contributed by atoms with E-state index in [2.05, 4.69) is 0 Å². The van der Waals surface area contributed by atoms with Crippen LogP contribution in [0.5, 0.6) is 0 Å². The number of carbonyl (C=O) groups is 1. The minimum Gasteiger partial charge on any atom is -0.366 e. The van der Waals surface area contributed by atoms with E-state index in [9.17, 15) is 13.2 Å². The van der Waals surface area contributed by atoms with E-state index in [1.165, 1.54) is 8.61 Å². The Hall–Kier alpha value is -2.29. The Morgan fingerprint density at radius 2 is 1.96 bits per heavy atom. The van der Waals surface area contributed by atoms with Gasteiger partial charge in [0.15, 0.2) is 0 Å². The third-order valence-electron chi connectivity index (χ3n) is 4.80. The first-order chi connectivity index (χ1) is 12.8. The Morgan fingerprint density at radius 3 is 2.67 bits per heavy atom. The normalized spacial score (nSPS) is 18.6. The lowest BCUT2D eigenvalue weighted by Crippen LogP contribution is -2.45. The van der Waals surface area contributed by atoms with Gasteiger partial charge in [-0.3, -0.25) is 9.78 Å². The molecule has 3 rings (SSSR count). The molecule has 0 aliphatic carbocycles. The summed E-state index contributed by atoms with van der Waals surface area (Å²) < 4.78 is 27.6. The van der Waals surface area contributed by atoms with Gasteiger partial charge in [0.1, 0.15) is 0 Å². The van der Waals surface area contributed by atoms with Crippen molar-refractivity contribution in [3.63, 3.8) is 0 Å². The van der Waals surface area contributed by atoms with E-state index < -0.39 is 16.1 Å². The van der Waals surface area contributed by atoms with E-state index >= 15 is 0 Å². The number of hydrogen-bond donors (Lipinski definition) is 1. The fourth-order valence-corrected chi connectivity index (χ4v) is 4.49. The number of hydrogen-bond acceptors (Lipinski definition) is 4. The zero-order valence-corrected chi connectivity index (χ0v) is 16.3. The monoisotopic (exact) mass is 388 g/mol. The standard InChI is InChI=1S/C19H24N4O3S/c1-22(2)27(25,26)23-11-5-8-16(13-23)18-10-4-9-17(21-18)14-6-3-7-15(12-14)19(20)24/h3-4,6-7,9-10,12,16H,5,8,11,13H2,1-2H3,(H2,20,24)/t16-/m0/s1. The summed E-state index contributed by atoms with van der Waals surface area (Å²) in [6.07, 6.45) is 1.68. The van der Waals surface area contributed by atoms with E-state index in [4.69, 9.17) is 10.7 Å². The van der Waals surface area contributed by atoms with Crippen molar-refractivity contribution >= 4 is 16.1 Å². The maximum absolute atomic E-state index is 12.4. The average molecular weight is 388 g/mol. The number of nitrogens with zero attached hydrogens (tertiary/aromatic N) is 3. The maximum atomic E-state index is 12.4. The minimum atomic E-state index is -3.43. The highest BCUT2D eigenvalue weighted by molar-refractivity contribution is 7.86. The Bertz CT molecular complexity index is 943. The Kier molecular flexibility index (Phi) is 5.59. The van der Waals surface area contributed by atoms with Crippen molar-refractivity contribution in [1.82, 2.24) is 13.6 Å². The van der Waals surface area contributed by atoms with Gasteiger partial charge in [0.2, 0.25) is 5.91 Å². The molecule has 27 heavy (non-hydrogen) atoms. The summed E-state index contributed by atoms with van der Waals surface area (Å²) in [6, 6.07) is 12.8. The minimum absolute atomic E-state index is 0.0350. The van der Waals surface area contributed by atoms with Gasteiger partial charge in [-0.05, 0) is 37.1 Å². The second kappa shape index (κ2) is 7.75. The number of primary amides is 1. The highest BCUT2D eigenvalue weighted by atomic mass is 32.2. The first kappa shape index (κ1) is 19.5. The van der Waals surface area contributed by atoms with Gasteiger partial charge in [-0.1, -0.05) is 18.2 Å². The highest BCUT2D eigenvalue weighted by Gasteiger charge is 2.31. The first-order valence-electron chi connectivity index (χ1n) is 8.84. The summed E-state index contributed by atoms with van der Waals surface area (Å²) in [7, 11) is -0.340. The molecule has 1 aromatic heterocycles. The zero-order valence-electron chi connectivity index (χ0n) is 15.5. The summed E-state index contributed by atoms with van der Waals surface area (Å²) in [4.78, 5) is 16.2.